The predicted molar refractivity (Wildman–Crippen MR) is 70.3 cm³/mol. The lowest BCUT2D eigenvalue weighted by atomic mass is 10.0. The van der Waals surface area contributed by atoms with E-state index < -0.39 is 0 Å². The Labute approximate surface area is 111 Å². The highest BCUT2D eigenvalue weighted by molar-refractivity contribution is 6.30. The SMILES string of the molecule is Clc1ccc(C(NCc2ccno2)C2CC2)cc1. The van der Waals surface area contributed by atoms with E-state index in [-0.39, 0.29) is 0 Å². The van der Waals surface area contributed by atoms with Crippen molar-refractivity contribution in [3.63, 3.8) is 0 Å². The van der Waals surface area contributed by atoms with Crippen LogP contribution in [0, 0.1) is 5.92 Å². The molecule has 1 aromatic carbocycles. The van der Waals surface area contributed by atoms with Crippen molar-refractivity contribution < 1.29 is 4.52 Å². The van der Waals surface area contributed by atoms with E-state index in [4.69, 9.17) is 16.1 Å². The molecule has 1 heterocycles. The first-order chi connectivity index (χ1) is 8.83. The molecule has 4 heteroatoms. The molecule has 2 aromatic rings. The molecule has 18 heavy (non-hydrogen) atoms. The maximum Gasteiger partial charge on any atom is 0.150 e. The van der Waals surface area contributed by atoms with Crippen molar-refractivity contribution in [1.29, 1.82) is 0 Å². The zero-order chi connectivity index (χ0) is 12.4. The van der Waals surface area contributed by atoms with E-state index in [2.05, 4.69) is 22.6 Å². The summed E-state index contributed by atoms with van der Waals surface area (Å²) in [5.41, 5.74) is 1.29. The normalized spacial score (nSPS) is 16.7. The molecule has 0 saturated heterocycles. The largest absolute Gasteiger partial charge is 0.360 e. The molecule has 3 rings (SSSR count). The van der Waals surface area contributed by atoms with Crippen LogP contribution in [0.25, 0.3) is 0 Å². The smallest absolute Gasteiger partial charge is 0.150 e. The van der Waals surface area contributed by atoms with E-state index >= 15 is 0 Å². The van der Waals surface area contributed by atoms with Gasteiger partial charge in [0.25, 0.3) is 0 Å². The lowest BCUT2D eigenvalue weighted by Crippen LogP contribution is -2.22. The minimum atomic E-state index is 0.382. The van der Waals surface area contributed by atoms with E-state index in [1.807, 2.05) is 18.2 Å². The molecular weight excluding hydrogens is 248 g/mol. The van der Waals surface area contributed by atoms with E-state index in [1.54, 1.807) is 6.20 Å². The fourth-order valence-corrected chi connectivity index (χ4v) is 2.33. The van der Waals surface area contributed by atoms with Crippen molar-refractivity contribution in [3.05, 3.63) is 52.9 Å². The molecule has 1 saturated carbocycles. The number of nitrogens with zero attached hydrogens (tertiary/aromatic N) is 1. The number of nitrogens with one attached hydrogen (secondary N) is 1. The third-order valence-electron chi connectivity index (χ3n) is 3.31. The Morgan fingerprint density at radius 2 is 2.06 bits per heavy atom. The molecule has 1 fully saturated rings. The number of hydrogen-bond acceptors (Lipinski definition) is 3. The van der Waals surface area contributed by atoms with Crippen molar-refractivity contribution in [1.82, 2.24) is 10.5 Å². The number of halogens is 1. The zero-order valence-corrected chi connectivity index (χ0v) is 10.7. The topological polar surface area (TPSA) is 38.1 Å². The van der Waals surface area contributed by atoms with Crippen molar-refractivity contribution in [2.75, 3.05) is 0 Å². The first-order valence-corrected chi connectivity index (χ1v) is 6.59. The molecule has 1 atom stereocenters. The molecule has 1 aliphatic carbocycles. The van der Waals surface area contributed by atoms with Gasteiger partial charge in [-0.15, -0.1) is 0 Å². The van der Waals surface area contributed by atoms with Gasteiger partial charge in [0, 0.05) is 17.1 Å². The van der Waals surface area contributed by atoms with Crippen LogP contribution in [0.2, 0.25) is 5.02 Å². The Hall–Kier alpha value is -1.32. The number of aromatic nitrogens is 1. The van der Waals surface area contributed by atoms with Gasteiger partial charge in [0.05, 0.1) is 12.7 Å². The summed E-state index contributed by atoms with van der Waals surface area (Å²) >= 11 is 5.93. The van der Waals surface area contributed by atoms with E-state index in [0.717, 1.165) is 16.7 Å². The fourth-order valence-electron chi connectivity index (χ4n) is 2.20. The maximum atomic E-state index is 5.93. The Balaban J connectivity index is 1.70. The second kappa shape index (κ2) is 5.12. The molecule has 1 N–H and O–H groups in total. The van der Waals surface area contributed by atoms with Crippen LogP contribution in [0.4, 0.5) is 0 Å². The van der Waals surface area contributed by atoms with Crippen LogP contribution in [-0.4, -0.2) is 5.16 Å². The summed E-state index contributed by atoms with van der Waals surface area (Å²) in [6.45, 7) is 0.712. The number of rotatable bonds is 5. The minimum Gasteiger partial charge on any atom is -0.360 e. The molecule has 0 aliphatic heterocycles. The zero-order valence-electron chi connectivity index (χ0n) is 9.97. The quantitative estimate of drug-likeness (QED) is 0.895. The van der Waals surface area contributed by atoms with Crippen LogP contribution in [0.5, 0.6) is 0 Å². The van der Waals surface area contributed by atoms with E-state index in [0.29, 0.717) is 12.6 Å². The first kappa shape index (κ1) is 11.8. The van der Waals surface area contributed by atoms with Crippen LogP contribution in [0.3, 0.4) is 0 Å². The van der Waals surface area contributed by atoms with Crippen molar-refractivity contribution in [2.45, 2.75) is 25.4 Å². The second-order valence-corrected chi connectivity index (χ2v) is 5.16. The summed E-state index contributed by atoms with van der Waals surface area (Å²) in [6, 6.07) is 10.4. The molecule has 94 valence electrons. The van der Waals surface area contributed by atoms with Crippen LogP contribution >= 0.6 is 11.6 Å². The molecule has 1 aliphatic rings. The molecule has 0 spiro atoms. The Bertz CT molecular complexity index is 491. The standard InChI is InChI=1S/C14H15ClN2O/c15-12-5-3-11(4-6-12)14(10-1-2-10)16-9-13-7-8-17-18-13/h3-8,10,14,16H,1-2,9H2. The van der Waals surface area contributed by atoms with Gasteiger partial charge >= 0.3 is 0 Å². The summed E-state index contributed by atoms with van der Waals surface area (Å²) in [6.07, 6.45) is 4.25. The predicted octanol–water partition coefficient (Wildman–Crippen LogP) is 3.57. The molecule has 1 aromatic heterocycles. The van der Waals surface area contributed by atoms with Gasteiger partial charge in [0.15, 0.2) is 0 Å². The molecule has 3 nitrogen and oxygen atoms in total. The van der Waals surface area contributed by atoms with Gasteiger partial charge in [-0.05, 0) is 36.5 Å². The van der Waals surface area contributed by atoms with Crippen molar-refractivity contribution in [2.24, 2.45) is 5.92 Å². The first-order valence-electron chi connectivity index (χ1n) is 6.21. The number of hydrogen-bond donors (Lipinski definition) is 1. The molecular formula is C14H15ClN2O. The Morgan fingerprint density at radius 1 is 1.28 bits per heavy atom. The van der Waals surface area contributed by atoms with Crippen LogP contribution in [-0.2, 0) is 6.54 Å². The summed E-state index contributed by atoms with van der Waals surface area (Å²) in [5, 5.41) is 8.04. The number of benzene rings is 1. The molecule has 1 unspecified atom stereocenters. The van der Waals surface area contributed by atoms with Crippen LogP contribution < -0.4 is 5.32 Å². The van der Waals surface area contributed by atoms with Gasteiger partial charge in [-0.25, -0.2) is 0 Å². The van der Waals surface area contributed by atoms with Gasteiger partial charge in [-0.3, -0.25) is 0 Å². The third-order valence-corrected chi connectivity index (χ3v) is 3.56. The van der Waals surface area contributed by atoms with Gasteiger partial charge in [-0.1, -0.05) is 28.9 Å². The monoisotopic (exact) mass is 262 g/mol. The summed E-state index contributed by atoms with van der Waals surface area (Å²) in [5.74, 6) is 1.60. The fraction of sp³-hybridized carbons (Fsp3) is 0.357. The van der Waals surface area contributed by atoms with Crippen molar-refractivity contribution >= 4 is 11.6 Å². The van der Waals surface area contributed by atoms with Crippen molar-refractivity contribution in [3.8, 4) is 0 Å². The highest BCUT2D eigenvalue weighted by atomic mass is 35.5. The van der Waals surface area contributed by atoms with Gasteiger partial charge in [0.2, 0.25) is 0 Å². The summed E-state index contributed by atoms with van der Waals surface area (Å²) < 4.78 is 5.11. The maximum absolute atomic E-state index is 5.93. The summed E-state index contributed by atoms with van der Waals surface area (Å²) in [4.78, 5) is 0. The lowest BCUT2D eigenvalue weighted by molar-refractivity contribution is 0.357. The second-order valence-electron chi connectivity index (χ2n) is 4.73. The molecule has 0 amide bonds. The molecule has 0 radical (unpaired) electrons. The minimum absolute atomic E-state index is 0.382. The Kier molecular flexibility index (Phi) is 3.35. The van der Waals surface area contributed by atoms with Gasteiger partial charge in [-0.2, -0.15) is 0 Å². The van der Waals surface area contributed by atoms with E-state index in [9.17, 15) is 0 Å². The lowest BCUT2D eigenvalue weighted by Gasteiger charge is -2.18. The van der Waals surface area contributed by atoms with Gasteiger partial charge < -0.3 is 9.84 Å². The average Bonchev–Trinajstić information content (AvgIpc) is 3.08. The van der Waals surface area contributed by atoms with Gasteiger partial charge in [0.1, 0.15) is 5.76 Å². The van der Waals surface area contributed by atoms with Crippen LogP contribution in [0.15, 0.2) is 41.1 Å². The highest BCUT2D eigenvalue weighted by Crippen LogP contribution is 2.41. The highest BCUT2D eigenvalue weighted by Gasteiger charge is 2.32. The molecule has 0 bridgehead atoms. The van der Waals surface area contributed by atoms with E-state index in [1.165, 1.54) is 18.4 Å². The third kappa shape index (κ3) is 2.74. The Morgan fingerprint density at radius 3 is 2.67 bits per heavy atom. The summed E-state index contributed by atoms with van der Waals surface area (Å²) in [7, 11) is 0. The van der Waals surface area contributed by atoms with Crippen LogP contribution in [0.1, 0.15) is 30.2 Å². The average molecular weight is 263 g/mol.